The zero-order chi connectivity index (χ0) is 29.5. The van der Waals surface area contributed by atoms with E-state index in [0.29, 0.717) is 34.8 Å². The van der Waals surface area contributed by atoms with Crippen LogP contribution in [0.15, 0.2) is 42.2 Å². The molecule has 2 aromatic carbocycles. The monoisotopic (exact) mass is 538 g/mol. The Morgan fingerprint density at radius 2 is 1.41 bits per heavy atom. The van der Waals surface area contributed by atoms with Gasteiger partial charge in [-0.15, -0.1) is 0 Å². The predicted octanol–water partition coefficient (Wildman–Crippen LogP) is 7.20. The Morgan fingerprint density at radius 3 is 1.90 bits per heavy atom. The summed E-state index contributed by atoms with van der Waals surface area (Å²) in [4.78, 5) is 38.1. The third kappa shape index (κ3) is 8.98. The summed E-state index contributed by atoms with van der Waals surface area (Å²) >= 11 is 0. The van der Waals surface area contributed by atoms with Crippen LogP contribution in [-0.2, 0) is 20.7 Å². The van der Waals surface area contributed by atoms with Gasteiger partial charge in [-0.25, -0.2) is 0 Å². The predicted molar refractivity (Wildman–Crippen MR) is 152 cm³/mol. The fourth-order valence-electron chi connectivity index (χ4n) is 3.34. The molecule has 0 aliphatic carbocycles. The van der Waals surface area contributed by atoms with Crippen LogP contribution in [-0.4, -0.2) is 30.9 Å². The van der Waals surface area contributed by atoms with Crippen LogP contribution in [0.1, 0.15) is 90.2 Å². The highest BCUT2D eigenvalue weighted by molar-refractivity contribution is 6.10. The molecule has 0 saturated carbocycles. The molecule has 0 saturated heterocycles. The maximum absolute atomic E-state index is 13.3. The van der Waals surface area contributed by atoms with E-state index in [1.165, 1.54) is 7.11 Å². The smallest absolute Gasteiger partial charge is 0.316 e. The van der Waals surface area contributed by atoms with Crippen molar-refractivity contribution < 1.29 is 33.3 Å². The molecule has 2 rings (SSSR count). The Kier molecular flexibility index (Phi) is 10.5. The number of ether oxygens (including phenoxy) is 4. The summed E-state index contributed by atoms with van der Waals surface area (Å²) in [6, 6.07) is 9.90. The summed E-state index contributed by atoms with van der Waals surface area (Å²) in [6.07, 6.45) is 2.96. The molecule has 0 N–H and O–H groups in total. The molecule has 0 heterocycles. The van der Waals surface area contributed by atoms with Gasteiger partial charge in [-0.1, -0.05) is 13.3 Å². The molecule has 0 spiro atoms. The fourth-order valence-corrected chi connectivity index (χ4v) is 3.34. The maximum atomic E-state index is 13.3. The molecule has 0 radical (unpaired) electrons. The van der Waals surface area contributed by atoms with Crippen LogP contribution in [0.3, 0.4) is 0 Å². The molecule has 0 amide bonds. The van der Waals surface area contributed by atoms with Crippen molar-refractivity contribution in [3.8, 4) is 17.2 Å². The topological polar surface area (TPSA) is 88.1 Å². The van der Waals surface area contributed by atoms with Crippen molar-refractivity contribution in [3.63, 3.8) is 0 Å². The van der Waals surface area contributed by atoms with Gasteiger partial charge in [0.15, 0.2) is 5.76 Å². The molecule has 0 unspecified atom stereocenters. The SMILES string of the molecule is CCCc1cc(C=C(OC)C(=O)c2ccc(OC(=O)C(C)(C)C)cc2)c(OC(C)C)cc1OC(=O)C(C)(C)C. The molecular weight excluding hydrogens is 496 g/mol. The lowest BCUT2D eigenvalue weighted by Gasteiger charge is -2.21. The molecule has 39 heavy (non-hydrogen) atoms. The number of benzene rings is 2. The van der Waals surface area contributed by atoms with Crippen molar-refractivity contribution in [2.45, 2.75) is 81.3 Å². The first-order chi connectivity index (χ1) is 18.1. The summed E-state index contributed by atoms with van der Waals surface area (Å²) in [5.74, 6) is 0.307. The summed E-state index contributed by atoms with van der Waals surface area (Å²) < 4.78 is 22.7. The number of ketones is 1. The van der Waals surface area contributed by atoms with E-state index in [9.17, 15) is 14.4 Å². The third-order valence-corrected chi connectivity index (χ3v) is 5.56. The average Bonchev–Trinajstić information content (AvgIpc) is 2.83. The first-order valence-electron chi connectivity index (χ1n) is 13.2. The Bertz CT molecular complexity index is 1210. The van der Waals surface area contributed by atoms with Crippen LogP contribution in [0.4, 0.5) is 0 Å². The van der Waals surface area contributed by atoms with Gasteiger partial charge >= 0.3 is 11.9 Å². The highest BCUT2D eigenvalue weighted by Gasteiger charge is 2.26. The Balaban J connectivity index is 2.48. The Labute approximate surface area is 232 Å². The molecule has 0 bridgehead atoms. The van der Waals surface area contributed by atoms with Gasteiger partial charge in [-0.2, -0.15) is 0 Å². The molecular formula is C32H42O7. The first-order valence-corrected chi connectivity index (χ1v) is 13.2. The zero-order valence-electron chi connectivity index (χ0n) is 24.9. The number of aryl methyl sites for hydroxylation is 1. The van der Waals surface area contributed by atoms with E-state index in [1.54, 1.807) is 78.0 Å². The fraction of sp³-hybridized carbons (Fsp3) is 0.469. The van der Waals surface area contributed by atoms with Gasteiger partial charge in [0.2, 0.25) is 5.78 Å². The van der Waals surface area contributed by atoms with E-state index in [1.807, 2.05) is 26.8 Å². The zero-order valence-corrected chi connectivity index (χ0v) is 24.9. The van der Waals surface area contributed by atoms with Gasteiger partial charge in [-0.3, -0.25) is 14.4 Å². The number of allylic oxidation sites excluding steroid dienone is 1. The second-order valence-corrected chi connectivity index (χ2v) is 11.8. The second kappa shape index (κ2) is 13.0. The summed E-state index contributed by atoms with van der Waals surface area (Å²) in [5, 5.41) is 0. The van der Waals surface area contributed by atoms with E-state index >= 15 is 0 Å². The van der Waals surface area contributed by atoms with Crippen LogP contribution in [0.2, 0.25) is 0 Å². The van der Waals surface area contributed by atoms with Crippen molar-refractivity contribution in [1.82, 2.24) is 0 Å². The minimum absolute atomic E-state index is 0.102. The lowest BCUT2D eigenvalue weighted by molar-refractivity contribution is -0.143. The van der Waals surface area contributed by atoms with E-state index in [2.05, 4.69) is 0 Å². The molecule has 7 heteroatoms. The molecule has 0 aliphatic rings. The van der Waals surface area contributed by atoms with Gasteiger partial charge in [0.25, 0.3) is 0 Å². The summed E-state index contributed by atoms with van der Waals surface area (Å²) in [7, 11) is 1.43. The number of rotatable bonds is 10. The maximum Gasteiger partial charge on any atom is 0.316 e. The lowest BCUT2D eigenvalue weighted by Crippen LogP contribution is -2.26. The van der Waals surface area contributed by atoms with Crippen molar-refractivity contribution in [2.24, 2.45) is 10.8 Å². The molecule has 0 aliphatic heterocycles. The van der Waals surface area contributed by atoms with Crippen LogP contribution < -0.4 is 14.2 Å². The van der Waals surface area contributed by atoms with Crippen LogP contribution in [0.5, 0.6) is 17.2 Å². The molecule has 0 aromatic heterocycles. The van der Waals surface area contributed by atoms with Crippen molar-refractivity contribution >= 4 is 23.8 Å². The highest BCUT2D eigenvalue weighted by atomic mass is 16.5. The number of hydrogen-bond donors (Lipinski definition) is 0. The number of Topliss-reactive ketones (excluding diaryl/α,β-unsaturated/α-hetero) is 1. The number of methoxy groups -OCH3 is 1. The Morgan fingerprint density at radius 1 is 0.846 bits per heavy atom. The van der Waals surface area contributed by atoms with Crippen molar-refractivity contribution in [1.29, 1.82) is 0 Å². The highest BCUT2D eigenvalue weighted by Crippen LogP contribution is 2.34. The van der Waals surface area contributed by atoms with Crippen LogP contribution >= 0.6 is 0 Å². The molecule has 7 nitrogen and oxygen atoms in total. The summed E-state index contributed by atoms with van der Waals surface area (Å²) in [5.41, 5.74) is 0.508. The second-order valence-electron chi connectivity index (χ2n) is 11.8. The number of carbonyl (C=O) groups is 3. The lowest BCUT2D eigenvalue weighted by atomic mass is 9.97. The average molecular weight is 539 g/mol. The first kappa shape index (κ1) is 31.6. The molecule has 212 valence electrons. The van der Waals surface area contributed by atoms with Gasteiger partial charge in [0.1, 0.15) is 17.2 Å². The molecule has 0 atom stereocenters. The third-order valence-electron chi connectivity index (χ3n) is 5.56. The number of carbonyl (C=O) groups excluding carboxylic acids is 3. The minimum atomic E-state index is -0.669. The molecule has 2 aromatic rings. The van der Waals surface area contributed by atoms with Gasteiger partial charge in [-0.05, 0) is 104 Å². The van der Waals surface area contributed by atoms with Crippen LogP contribution in [0.25, 0.3) is 6.08 Å². The largest absolute Gasteiger partial charge is 0.493 e. The molecule has 0 fully saturated rings. The number of hydrogen-bond acceptors (Lipinski definition) is 7. The standard InChI is InChI=1S/C32H42O7/c1-11-12-22-17-23(26(37-20(2)3)19-25(22)39-30(35)32(7,8)9)18-27(36-10)28(33)21-13-15-24(16-14-21)38-29(34)31(4,5)6/h13-20H,11-12H2,1-10H3. The van der Waals surface area contributed by atoms with Crippen molar-refractivity contribution in [3.05, 3.63) is 58.8 Å². The summed E-state index contributed by atoms with van der Waals surface area (Å²) in [6.45, 7) is 16.5. The van der Waals surface area contributed by atoms with Crippen molar-refractivity contribution in [2.75, 3.05) is 7.11 Å². The normalized spacial score (nSPS) is 12.2. The van der Waals surface area contributed by atoms with Gasteiger partial charge < -0.3 is 18.9 Å². The Hall–Kier alpha value is -3.61. The minimum Gasteiger partial charge on any atom is -0.493 e. The quantitative estimate of drug-likeness (QED) is 0.104. The van der Waals surface area contributed by atoms with E-state index in [4.69, 9.17) is 18.9 Å². The van der Waals surface area contributed by atoms with E-state index in [-0.39, 0.29) is 29.6 Å². The number of esters is 2. The van der Waals surface area contributed by atoms with Gasteiger partial charge in [0.05, 0.1) is 24.0 Å². The van der Waals surface area contributed by atoms with Crippen LogP contribution in [0, 0.1) is 10.8 Å². The van der Waals surface area contributed by atoms with Gasteiger partial charge in [0, 0.05) is 17.2 Å². The van der Waals surface area contributed by atoms with E-state index < -0.39 is 10.8 Å². The van der Waals surface area contributed by atoms with E-state index in [0.717, 1.165) is 12.0 Å².